The maximum absolute atomic E-state index is 5.91. The van der Waals surface area contributed by atoms with Gasteiger partial charge in [-0.05, 0) is 50.9 Å². The molecule has 0 spiro atoms. The van der Waals surface area contributed by atoms with E-state index < -0.39 is 0 Å². The number of nitrogens with zero attached hydrogens (tertiary/aromatic N) is 1. The zero-order valence-electron chi connectivity index (χ0n) is 10.8. The van der Waals surface area contributed by atoms with Crippen molar-refractivity contribution in [3.8, 4) is 0 Å². The van der Waals surface area contributed by atoms with Crippen LogP contribution < -0.4 is 5.73 Å². The van der Waals surface area contributed by atoms with Gasteiger partial charge in [0.15, 0.2) is 0 Å². The highest BCUT2D eigenvalue weighted by atomic mass is 35.5. The molecule has 17 heavy (non-hydrogen) atoms. The smallest absolute Gasteiger partial charge is 0.0236 e. The van der Waals surface area contributed by atoms with Crippen LogP contribution in [-0.4, -0.2) is 24.0 Å². The second-order valence-corrected chi connectivity index (χ2v) is 5.04. The van der Waals surface area contributed by atoms with Gasteiger partial charge >= 0.3 is 0 Å². The van der Waals surface area contributed by atoms with Crippen LogP contribution in [0.4, 0.5) is 0 Å². The maximum Gasteiger partial charge on any atom is 0.0236 e. The quantitative estimate of drug-likeness (QED) is 0.879. The summed E-state index contributed by atoms with van der Waals surface area (Å²) in [6.07, 6.45) is 2.29. The van der Waals surface area contributed by atoms with Crippen molar-refractivity contribution in [1.29, 1.82) is 0 Å². The molecule has 0 aliphatic carbocycles. The molecule has 96 valence electrons. The van der Waals surface area contributed by atoms with Crippen LogP contribution in [0.3, 0.4) is 0 Å². The monoisotopic (exact) mass is 254 g/mol. The van der Waals surface area contributed by atoms with Gasteiger partial charge in [0.1, 0.15) is 0 Å². The highest BCUT2D eigenvalue weighted by molar-refractivity contribution is 5.85. The zero-order chi connectivity index (χ0) is 11.5. The van der Waals surface area contributed by atoms with Gasteiger partial charge in [-0.3, -0.25) is 4.90 Å². The van der Waals surface area contributed by atoms with E-state index in [0.29, 0.717) is 6.04 Å². The molecule has 0 bridgehead atoms. The van der Waals surface area contributed by atoms with Gasteiger partial charge in [0, 0.05) is 12.6 Å². The Morgan fingerprint density at radius 3 is 2.47 bits per heavy atom. The largest absolute Gasteiger partial charge is 0.328 e. The Morgan fingerprint density at radius 2 is 1.88 bits per heavy atom. The summed E-state index contributed by atoms with van der Waals surface area (Å²) >= 11 is 0. The van der Waals surface area contributed by atoms with Gasteiger partial charge in [-0.2, -0.15) is 0 Å². The van der Waals surface area contributed by atoms with E-state index in [2.05, 4.69) is 36.9 Å². The van der Waals surface area contributed by atoms with Crippen molar-refractivity contribution in [3.63, 3.8) is 0 Å². The van der Waals surface area contributed by atoms with Crippen LogP contribution in [0.15, 0.2) is 18.2 Å². The fourth-order valence-electron chi connectivity index (χ4n) is 2.38. The van der Waals surface area contributed by atoms with Gasteiger partial charge in [0.2, 0.25) is 0 Å². The Labute approximate surface area is 111 Å². The summed E-state index contributed by atoms with van der Waals surface area (Å²) < 4.78 is 0. The van der Waals surface area contributed by atoms with E-state index in [9.17, 15) is 0 Å². The summed E-state index contributed by atoms with van der Waals surface area (Å²) in [6, 6.07) is 7.16. The lowest BCUT2D eigenvalue weighted by atomic mass is 10.0. The second-order valence-electron chi connectivity index (χ2n) is 5.04. The number of aryl methyl sites for hydroxylation is 2. The lowest BCUT2D eigenvalue weighted by Crippen LogP contribution is -2.39. The molecule has 1 aromatic carbocycles. The third-order valence-corrected chi connectivity index (χ3v) is 3.52. The molecule has 1 aliphatic rings. The second kappa shape index (κ2) is 6.39. The first kappa shape index (κ1) is 14.5. The van der Waals surface area contributed by atoms with Crippen molar-refractivity contribution in [2.45, 2.75) is 39.3 Å². The normalized spacial score (nSPS) is 17.8. The van der Waals surface area contributed by atoms with Crippen molar-refractivity contribution >= 4 is 12.4 Å². The summed E-state index contributed by atoms with van der Waals surface area (Å²) in [7, 11) is 0. The van der Waals surface area contributed by atoms with Gasteiger partial charge in [0.05, 0.1) is 0 Å². The molecule has 0 amide bonds. The average molecular weight is 255 g/mol. The predicted octanol–water partition coefficient (Wildman–Crippen LogP) is 2.65. The highest BCUT2D eigenvalue weighted by Gasteiger charge is 2.16. The predicted molar refractivity (Wildman–Crippen MR) is 75.7 cm³/mol. The fraction of sp³-hybridized carbons (Fsp3) is 0.571. The first-order valence-electron chi connectivity index (χ1n) is 6.19. The van der Waals surface area contributed by atoms with Gasteiger partial charge in [-0.15, -0.1) is 12.4 Å². The fourth-order valence-corrected chi connectivity index (χ4v) is 2.38. The van der Waals surface area contributed by atoms with E-state index in [1.54, 1.807) is 0 Å². The van der Waals surface area contributed by atoms with Crippen molar-refractivity contribution in [2.24, 2.45) is 5.73 Å². The van der Waals surface area contributed by atoms with E-state index in [1.807, 2.05) is 0 Å². The number of benzene rings is 1. The summed E-state index contributed by atoms with van der Waals surface area (Å²) in [5.41, 5.74) is 10.1. The number of rotatable bonds is 2. The summed E-state index contributed by atoms with van der Waals surface area (Å²) in [5, 5.41) is 0. The minimum Gasteiger partial charge on any atom is -0.328 e. The Morgan fingerprint density at radius 1 is 1.24 bits per heavy atom. The number of piperidine rings is 1. The van der Waals surface area contributed by atoms with Crippen molar-refractivity contribution in [3.05, 3.63) is 34.9 Å². The van der Waals surface area contributed by atoms with Crippen LogP contribution in [0.2, 0.25) is 0 Å². The molecule has 0 saturated carbocycles. The molecule has 1 aliphatic heterocycles. The molecule has 2 N–H and O–H groups in total. The van der Waals surface area contributed by atoms with Gasteiger partial charge in [0.25, 0.3) is 0 Å². The molecule has 2 rings (SSSR count). The average Bonchev–Trinajstić information content (AvgIpc) is 2.25. The third kappa shape index (κ3) is 3.98. The van der Waals surface area contributed by atoms with Crippen molar-refractivity contribution in [2.75, 3.05) is 13.1 Å². The molecular formula is C14H23ClN2. The molecule has 1 fully saturated rings. The Hall–Kier alpha value is -0.570. The minimum absolute atomic E-state index is 0. The Balaban J connectivity index is 0.00000144. The third-order valence-electron chi connectivity index (χ3n) is 3.52. The SMILES string of the molecule is Cc1ccc(CN2CCC(N)CC2)c(C)c1.Cl. The lowest BCUT2D eigenvalue weighted by Gasteiger charge is -2.30. The number of nitrogens with two attached hydrogens (primary N) is 1. The van der Waals surface area contributed by atoms with Crippen LogP contribution in [-0.2, 0) is 6.54 Å². The van der Waals surface area contributed by atoms with Crippen LogP contribution in [0.5, 0.6) is 0 Å². The first-order valence-corrected chi connectivity index (χ1v) is 6.19. The van der Waals surface area contributed by atoms with Crippen LogP contribution >= 0.6 is 12.4 Å². The highest BCUT2D eigenvalue weighted by Crippen LogP contribution is 2.16. The van der Waals surface area contributed by atoms with E-state index >= 15 is 0 Å². The molecule has 0 radical (unpaired) electrons. The zero-order valence-corrected chi connectivity index (χ0v) is 11.6. The van der Waals surface area contributed by atoms with Crippen molar-refractivity contribution < 1.29 is 0 Å². The van der Waals surface area contributed by atoms with E-state index in [0.717, 1.165) is 32.5 Å². The number of likely N-dealkylation sites (tertiary alicyclic amines) is 1. The van der Waals surface area contributed by atoms with Gasteiger partial charge < -0.3 is 5.73 Å². The van der Waals surface area contributed by atoms with Crippen LogP contribution in [0.1, 0.15) is 29.5 Å². The molecule has 0 atom stereocenters. The number of halogens is 1. The molecule has 0 aromatic heterocycles. The van der Waals surface area contributed by atoms with Crippen LogP contribution in [0.25, 0.3) is 0 Å². The summed E-state index contributed by atoms with van der Waals surface area (Å²) in [4.78, 5) is 2.51. The molecule has 2 nitrogen and oxygen atoms in total. The van der Waals surface area contributed by atoms with E-state index in [1.165, 1.54) is 16.7 Å². The standard InChI is InChI=1S/C14H22N2.ClH/c1-11-3-4-13(12(2)9-11)10-16-7-5-14(15)6-8-16;/h3-4,9,14H,5-8,10,15H2,1-2H3;1H. The number of hydrogen-bond donors (Lipinski definition) is 1. The molecule has 1 aromatic rings. The summed E-state index contributed by atoms with van der Waals surface area (Å²) in [5.74, 6) is 0. The number of hydrogen-bond acceptors (Lipinski definition) is 2. The molecule has 0 unspecified atom stereocenters. The Kier molecular flexibility index (Phi) is 5.44. The summed E-state index contributed by atoms with van der Waals surface area (Å²) in [6.45, 7) is 7.73. The molecular weight excluding hydrogens is 232 g/mol. The molecule has 3 heteroatoms. The maximum atomic E-state index is 5.91. The topological polar surface area (TPSA) is 29.3 Å². The Bertz CT molecular complexity index is 357. The van der Waals surface area contributed by atoms with E-state index in [-0.39, 0.29) is 12.4 Å². The van der Waals surface area contributed by atoms with Crippen LogP contribution in [0, 0.1) is 13.8 Å². The lowest BCUT2D eigenvalue weighted by molar-refractivity contribution is 0.205. The first-order chi connectivity index (χ1) is 7.65. The minimum atomic E-state index is 0. The van der Waals surface area contributed by atoms with Crippen molar-refractivity contribution in [1.82, 2.24) is 4.90 Å². The molecule has 1 heterocycles. The molecule has 1 saturated heterocycles. The van der Waals surface area contributed by atoms with Gasteiger partial charge in [-0.25, -0.2) is 0 Å². The van der Waals surface area contributed by atoms with Gasteiger partial charge in [-0.1, -0.05) is 23.8 Å². The van der Waals surface area contributed by atoms with E-state index in [4.69, 9.17) is 5.73 Å².